The summed E-state index contributed by atoms with van der Waals surface area (Å²) in [5, 5.41) is 12.1. The van der Waals surface area contributed by atoms with E-state index in [-0.39, 0.29) is 5.91 Å². The first-order chi connectivity index (χ1) is 12.8. The maximum absolute atomic E-state index is 12.6. The van der Waals surface area contributed by atoms with E-state index in [0.717, 1.165) is 19.6 Å². The number of amides is 1. The van der Waals surface area contributed by atoms with Crippen LogP contribution in [0, 0.1) is 0 Å². The minimum Gasteiger partial charge on any atom is -0.335 e. The minimum absolute atomic E-state index is 0.0938. The van der Waals surface area contributed by atoms with Gasteiger partial charge in [0, 0.05) is 45.1 Å². The fourth-order valence-corrected chi connectivity index (χ4v) is 2.91. The lowest BCUT2D eigenvalue weighted by Gasteiger charge is -2.34. The lowest BCUT2D eigenvalue weighted by atomic mass is 10.2. The van der Waals surface area contributed by atoms with Crippen molar-refractivity contribution in [1.29, 1.82) is 0 Å². The smallest absolute Gasteiger partial charge is 0.274 e. The number of hydrogen-bond acceptors (Lipinski definition) is 7. The molecule has 0 N–H and O–H groups in total. The van der Waals surface area contributed by atoms with Crippen molar-refractivity contribution in [2.45, 2.75) is 6.54 Å². The highest BCUT2D eigenvalue weighted by Crippen LogP contribution is 2.10. The first-order valence-corrected chi connectivity index (χ1v) is 8.39. The number of nitrogens with zero attached hydrogens (tertiary/aromatic N) is 8. The highest BCUT2D eigenvalue weighted by Gasteiger charge is 2.23. The average molecular weight is 350 g/mol. The number of carbonyl (C=O) groups excluding carboxylic acids is 1. The predicted octanol–water partition coefficient (Wildman–Crippen LogP) is 0.410. The Labute approximate surface area is 150 Å². The number of hydrogen-bond donors (Lipinski definition) is 0. The van der Waals surface area contributed by atoms with Crippen LogP contribution in [-0.2, 0) is 6.54 Å². The second kappa shape index (κ2) is 7.36. The third kappa shape index (κ3) is 3.57. The van der Waals surface area contributed by atoms with Gasteiger partial charge in [0.1, 0.15) is 12.7 Å². The van der Waals surface area contributed by atoms with E-state index in [1.165, 1.54) is 22.9 Å². The lowest BCUT2D eigenvalue weighted by Crippen LogP contribution is -2.48. The van der Waals surface area contributed by atoms with Gasteiger partial charge in [-0.05, 0) is 23.8 Å². The van der Waals surface area contributed by atoms with Gasteiger partial charge in [0.05, 0.1) is 0 Å². The van der Waals surface area contributed by atoms with E-state index < -0.39 is 0 Å². The minimum atomic E-state index is -0.0938. The SMILES string of the molecule is O=C(c1ccc(-n2cncn2)nn1)N1CCN(Cc2cccnc2)CC1. The zero-order valence-electron chi connectivity index (χ0n) is 14.1. The Morgan fingerprint density at radius 2 is 1.92 bits per heavy atom. The first-order valence-electron chi connectivity index (χ1n) is 8.39. The molecule has 0 radical (unpaired) electrons. The molecule has 1 aliphatic heterocycles. The summed E-state index contributed by atoms with van der Waals surface area (Å²) >= 11 is 0. The maximum atomic E-state index is 12.6. The van der Waals surface area contributed by atoms with E-state index in [4.69, 9.17) is 0 Å². The molecule has 9 nitrogen and oxygen atoms in total. The molecule has 0 bridgehead atoms. The molecule has 0 spiro atoms. The summed E-state index contributed by atoms with van der Waals surface area (Å²) in [5.74, 6) is 0.434. The second-order valence-corrected chi connectivity index (χ2v) is 6.05. The van der Waals surface area contributed by atoms with E-state index in [9.17, 15) is 4.79 Å². The van der Waals surface area contributed by atoms with Gasteiger partial charge >= 0.3 is 0 Å². The van der Waals surface area contributed by atoms with Gasteiger partial charge in [0.15, 0.2) is 11.5 Å². The Morgan fingerprint density at radius 1 is 1.04 bits per heavy atom. The summed E-state index contributed by atoms with van der Waals surface area (Å²) in [4.78, 5) is 24.8. The van der Waals surface area contributed by atoms with Crippen molar-refractivity contribution in [1.82, 2.24) is 39.7 Å². The molecule has 0 unspecified atom stereocenters. The van der Waals surface area contributed by atoms with Gasteiger partial charge in [-0.1, -0.05) is 6.07 Å². The summed E-state index contributed by atoms with van der Waals surface area (Å²) in [5.41, 5.74) is 1.52. The Bertz CT molecular complexity index is 842. The largest absolute Gasteiger partial charge is 0.335 e. The molecule has 0 saturated carbocycles. The summed E-state index contributed by atoms with van der Waals surface area (Å²) < 4.78 is 1.50. The van der Waals surface area contributed by atoms with Gasteiger partial charge < -0.3 is 4.90 Å². The second-order valence-electron chi connectivity index (χ2n) is 6.05. The molecule has 4 heterocycles. The van der Waals surface area contributed by atoms with Crippen molar-refractivity contribution < 1.29 is 4.79 Å². The molecule has 132 valence electrons. The van der Waals surface area contributed by atoms with Gasteiger partial charge in [0.25, 0.3) is 5.91 Å². The van der Waals surface area contributed by atoms with Crippen LogP contribution >= 0.6 is 0 Å². The molecule has 0 atom stereocenters. The number of piperazine rings is 1. The number of pyridine rings is 1. The number of rotatable bonds is 4. The van der Waals surface area contributed by atoms with E-state index in [0.29, 0.717) is 24.6 Å². The third-order valence-electron chi connectivity index (χ3n) is 4.31. The Balaban J connectivity index is 1.34. The van der Waals surface area contributed by atoms with E-state index >= 15 is 0 Å². The molecule has 3 aromatic heterocycles. The molecular formula is C17H18N8O. The lowest BCUT2D eigenvalue weighted by molar-refractivity contribution is 0.0621. The van der Waals surface area contributed by atoms with Crippen molar-refractivity contribution >= 4 is 5.91 Å². The summed E-state index contributed by atoms with van der Waals surface area (Å²) in [6.45, 7) is 3.84. The maximum Gasteiger partial charge on any atom is 0.274 e. The van der Waals surface area contributed by atoms with E-state index in [1.54, 1.807) is 18.3 Å². The molecule has 26 heavy (non-hydrogen) atoms. The first kappa shape index (κ1) is 16.3. The van der Waals surface area contributed by atoms with Crippen LogP contribution in [0.2, 0.25) is 0 Å². The van der Waals surface area contributed by atoms with Crippen LogP contribution in [0.5, 0.6) is 0 Å². The van der Waals surface area contributed by atoms with Crippen LogP contribution in [0.25, 0.3) is 5.82 Å². The molecular weight excluding hydrogens is 332 g/mol. The zero-order valence-corrected chi connectivity index (χ0v) is 14.1. The van der Waals surface area contributed by atoms with Gasteiger partial charge in [-0.3, -0.25) is 14.7 Å². The van der Waals surface area contributed by atoms with Crippen LogP contribution in [0.3, 0.4) is 0 Å². The Morgan fingerprint density at radius 3 is 2.58 bits per heavy atom. The van der Waals surface area contributed by atoms with Gasteiger partial charge in [-0.25, -0.2) is 9.67 Å². The summed E-state index contributed by atoms with van der Waals surface area (Å²) in [7, 11) is 0. The zero-order chi connectivity index (χ0) is 17.8. The van der Waals surface area contributed by atoms with Crippen LogP contribution in [0.4, 0.5) is 0 Å². The van der Waals surface area contributed by atoms with E-state index in [2.05, 4.69) is 36.2 Å². The molecule has 0 aliphatic carbocycles. The Hall–Kier alpha value is -3.20. The fraction of sp³-hybridized carbons (Fsp3) is 0.294. The number of carbonyl (C=O) groups is 1. The third-order valence-corrected chi connectivity index (χ3v) is 4.31. The molecule has 0 aromatic carbocycles. The standard InChI is InChI=1S/C17H18N8O/c26-17(15-3-4-16(22-21-15)25-13-19-12-20-25)24-8-6-23(7-9-24)11-14-2-1-5-18-10-14/h1-5,10,12-13H,6-9,11H2. The quantitative estimate of drug-likeness (QED) is 0.673. The molecule has 1 saturated heterocycles. The average Bonchev–Trinajstić information content (AvgIpc) is 3.24. The molecule has 1 amide bonds. The molecule has 1 fully saturated rings. The van der Waals surface area contributed by atoms with Crippen LogP contribution in [0.15, 0.2) is 49.3 Å². The fourth-order valence-electron chi connectivity index (χ4n) is 2.91. The van der Waals surface area contributed by atoms with Crippen molar-refractivity contribution in [3.8, 4) is 5.82 Å². The van der Waals surface area contributed by atoms with E-state index in [1.807, 2.05) is 17.2 Å². The van der Waals surface area contributed by atoms with Crippen molar-refractivity contribution in [2.75, 3.05) is 26.2 Å². The summed E-state index contributed by atoms with van der Waals surface area (Å²) in [6.07, 6.45) is 6.61. The molecule has 1 aliphatic rings. The molecule has 4 rings (SSSR count). The van der Waals surface area contributed by atoms with Crippen molar-refractivity contribution in [3.63, 3.8) is 0 Å². The highest BCUT2D eigenvalue weighted by atomic mass is 16.2. The topological polar surface area (TPSA) is 92.9 Å². The van der Waals surface area contributed by atoms with Gasteiger partial charge in [0.2, 0.25) is 0 Å². The Kier molecular flexibility index (Phi) is 4.61. The number of aromatic nitrogens is 6. The van der Waals surface area contributed by atoms with Crippen LogP contribution in [0.1, 0.15) is 16.1 Å². The van der Waals surface area contributed by atoms with Gasteiger partial charge in [-0.15, -0.1) is 10.2 Å². The summed E-state index contributed by atoms with van der Waals surface area (Å²) in [6, 6.07) is 7.40. The van der Waals surface area contributed by atoms with Crippen molar-refractivity contribution in [2.24, 2.45) is 0 Å². The monoisotopic (exact) mass is 350 g/mol. The molecule has 9 heteroatoms. The highest BCUT2D eigenvalue weighted by molar-refractivity contribution is 5.92. The predicted molar refractivity (Wildman–Crippen MR) is 92.4 cm³/mol. The van der Waals surface area contributed by atoms with Crippen LogP contribution in [-0.4, -0.2) is 71.8 Å². The van der Waals surface area contributed by atoms with Crippen LogP contribution < -0.4 is 0 Å². The molecule has 3 aromatic rings. The normalized spacial score (nSPS) is 15.2. The van der Waals surface area contributed by atoms with Crippen molar-refractivity contribution in [3.05, 3.63) is 60.6 Å². The van der Waals surface area contributed by atoms with Gasteiger partial charge in [-0.2, -0.15) is 5.10 Å².